The van der Waals surface area contributed by atoms with Crippen LogP contribution in [0.3, 0.4) is 0 Å². The van der Waals surface area contributed by atoms with E-state index >= 15 is 0 Å². The van der Waals surface area contributed by atoms with Crippen LogP contribution in [-0.2, 0) is 10.0 Å². The number of rotatable bonds is 6. The molecule has 0 amide bonds. The first-order valence-corrected chi connectivity index (χ1v) is 8.39. The van der Waals surface area contributed by atoms with Gasteiger partial charge in [0.15, 0.2) is 0 Å². The lowest BCUT2D eigenvalue weighted by atomic mass is 10.2. The van der Waals surface area contributed by atoms with Gasteiger partial charge in [-0.05, 0) is 12.1 Å². The van der Waals surface area contributed by atoms with Crippen LogP contribution >= 0.6 is 0 Å². The Bertz CT molecular complexity index is 520. The Morgan fingerprint density at radius 3 is 2.70 bits per heavy atom. The first-order chi connectivity index (χ1) is 9.44. The third-order valence-corrected chi connectivity index (χ3v) is 3.88. The maximum atomic E-state index is 11.2. The monoisotopic (exact) mass is 300 g/mol. The van der Waals surface area contributed by atoms with Crippen LogP contribution in [0, 0.1) is 0 Å². The standard InChI is InChI=1S/C13H20N2O4S/c1-20(17,18)14-12-9-15(10-13(12)16)7-8-19-11-5-3-2-4-6-11/h2-6,12-14,16H,7-10H2,1H3/t12-,13-/m1/s1. The van der Waals surface area contributed by atoms with Crippen molar-refractivity contribution < 1.29 is 18.3 Å². The van der Waals surface area contributed by atoms with Gasteiger partial charge in [0, 0.05) is 19.6 Å². The molecule has 7 heteroatoms. The van der Waals surface area contributed by atoms with E-state index in [4.69, 9.17) is 4.74 Å². The number of aliphatic hydroxyl groups excluding tert-OH is 1. The van der Waals surface area contributed by atoms with E-state index in [2.05, 4.69) is 4.72 Å². The van der Waals surface area contributed by atoms with Gasteiger partial charge >= 0.3 is 0 Å². The Labute approximate surface area is 119 Å². The molecule has 6 nitrogen and oxygen atoms in total. The molecule has 0 bridgehead atoms. The van der Waals surface area contributed by atoms with Crippen molar-refractivity contribution in [1.82, 2.24) is 9.62 Å². The maximum Gasteiger partial charge on any atom is 0.209 e. The van der Waals surface area contributed by atoms with Crippen LogP contribution in [0.25, 0.3) is 0 Å². The highest BCUT2D eigenvalue weighted by Crippen LogP contribution is 2.12. The minimum absolute atomic E-state index is 0.443. The number of ether oxygens (including phenoxy) is 1. The molecule has 1 fully saturated rings. The Kier molecular flexibility index (Phi) is 4.98. The molecular formula is C13H20N2O4S. The predicted molar refractivity (Wildman–Crippen MR) is 76.2 cm³/mol. The van der Waals surface area contributed by atoms with Crippen LogP contribution in [0.4, 0.5) is 0 Å². The van der Waals surface area contributed by atoms with Gasteiger partial charge in [0.25, 0.3) is 0 Å². The normalized spacial score (nSPS) is 23.9. The molecule has 2 rings (SSSR count). The van der Waals surface area contributed by atoms with Crippen molar-refractivity contribution in [2.24, 2.45) is 0 Å². The van der Waals surface area contributed by atoms with Gasteiger partial charge in [-0.1, -0.05) is 18.2 Å². The van der Waals surface area contributed by atoms with E-state index in [1.165, 1.54) is 0 Å². The summed E-state index contributed by atoms with van der Waals surface area (Å²) in [6.07, 6.45) is 0.419. The fourth-order valence-corrected chi connectivity index (χ4v) is 3.03. The second-order valence-electron chi connectivity index (χ2n) is 4.98. The number of nitrogens with zero attached hydrogens (tertiary/aromatic N) is 1. The van der Waals surface area contributed by atoms with Crippen LogP contribution in [-0.4, -0.2) is 63.1 Å². The summed E-state index contributed by atoms with van der Waals surface area (Å²) in [5.74, 6) is 0.804. The second-order valence-corrected chi connectivity index (χ2v) is 6.76. The van der Waals surface area contributed by atoms with Gasteiger partial charge in [-0.2, -0.15) is 0 Å². The van der Waals surface area contributed by atoms with E-state index in [0.717, 1.165) is 12.0 Å². The molecule has 20 heavy (non-hydrogen) atoms. The summed E-state index contributed by atoms with van der Waals surface area (Å²) in [6, 6.07) is 9.05. The molecule has 1 heterocycles. The minimum Gasteiger partial charge on any atom is -0.492 e. The fraction of sp³-hybridized carbons (Fsp3) is 0.538. The smallest absolute Gasteiger partial charge is 0.209 e. The highest BCUT2D eigenvalue weighted by molar-refractivity contribution is 7.88. The number of sulfonamides is 1. The third-order valence-electron chi connectivity index (χ3n) is 3.15. The molecule has 1 saturated heterocycles. The number of β-amino-alcohol motifs (C(OH)–C–C–N with tert-alkyl or cyclic N) is 1. The van der Waals surface area contributed by atoms with Crippen LogP contribution in [0.2, 0.25) is 0 Å². The maximum absolute atomic E-state index is 11.2. The lowest BCUT2D eigenvalue weighted by molar-refractivity contribution is 0.156. The molecule has 0 radical (unpaired) electrons. The number of hydrogen-bond acceptors (Lipinski definition) is 5. The van der Waals surface area contributed by atoms with Crippen molar-refractivity contribution in [2.45, 2.75) is 12.1 Å². The van der Waals surface area contributed by atoms with Gasteiger partial charge in [-0.15, -0.1) is 0 Å². The predicted octanol–water partition coefficient (Wildman–Crippen LogP) is -0.340. The van der Waals surface area contributed by atoms with Crippen LogP contribution in [0.1, 0.15) is 0 Å². The number of nitrogens with one attached hydrogen (secondary N) is 1. The molecule has 1 aliphatic heterocycles. The molecule has 0 saturated carbocycles. The first-order valence-electron chi connectivity index (χ1n) is 6.49. The fourth-order valence-electron chi connectivity index (χ4n) is 2.25. The summed E-state index contributed by atoms with van der Waals surface area (Å²) < 4.78 is 30.4. The van der Waals surface area contributed by atoms with E-state index in [1.54, 1.807) is 0 Å². The van der Waals surface area contributed by atoms with E-state index in [9.17, 15) is 13.5 Å². The van der Waals surface area contributed by atoms with Gasteiger partial charge in [0.2, 0.25) is 10.0 Å². The van der Waals surface area contributed by atoms with Crippen molar-refractivity contribution in [3.8, 4) is 5.75 Å². The Morgan fingerprint density at radius 2 is 2.05 bits per heavy atom. The zero-order valence-electron chi connectivity index (χ0n) is 11.4. The van der Waals surface area contributed by atoms with E-state index in [1.807, 2.05) is 35.2 Å². The molecule has 1 aromatic carbocycles. The van der Waals surface area contributed by atoms with Crippen molar-refractivity contribution in [1.29, 1.82) is 0 Å². The highest BCUT2D eigenvalue weighted by Gasteiger charge is 2.32. The first kappa shape index (κ1) is 15.2. The molecule has 0 aromatic heterocycles. The van der Waals surface area contributed by atoms with Gasteiger partial charge in [-0.3, -0.25) is 4.90 Å². The van der Waals surface area contributed by atoms with E-state index < -0.39 is 22.2 Å². The average molecular weight is 300 g/mol. The summed E-state index contributed by atoms with van der Waals surface area (Å²) in [6.45, 7) is 2.09. The zero-order valence-corrected chi connectivity index (χ0v) is 12.2. The van der Waals surface area contributed by atoms with Gasteiger partial charge < -0.3 is 9.84 Å². The summed E-state index contributed by atoms with van der Waals surface area (Å²) >= 11 is 0. The van der Waals surface area contributed by atoms with Gasteiger partial charge in [-0.25, -0.2) is 13.1 Å². The molecule has 1 aromatic rings. The molecule has 112 valence electrons. The van der Waals surface area contributed by atoms with Crippen LogP contribution in [0.15, 0.2) is 30.3 Å². The van der Waals surface area contributed by atoms with Crippen LogP contribution in [0.5, 0.6) is 5.75 Å². The molecular weight excluding hydrogens is 280 g/mol. The lowest BCUT2D eigenvalue weighted by Gasteiger charge is -2.16. The van der Waals surface area contributed by atoms with Gasteiger partial charge in [0.05, 0.1) is 18.4 Å². The van der Waals surface area contributed by atoms with Crippen molar-refractivity contribution in [2.75, 3.05) is 32.5 Å². The largest absolute Gasteiger partial charge is 0.492 e. The molecule has 0 spiro atoms. The molecule has 2 N–H and O–H groups in total. The van der Waals surface area contributed by atoms with E-state index in [0.29, 0.717) is 26.2 Å². The number of benzene rings is 1. The minimum atomic E-state index is -3.30. The van der Waals surface area contributed by atoms with Crippen LogP contribution < -0.4 is 9.46 Å². The summed E-state index contributed by atoms with van der Waals surface area (Å²) in [4.78, 5) is 1.98. The summed E-state index contributed by atoms with van der Waals surface area (Å²) in [7, 11) is -3.30. The molecule has 2 atom stereocenters. The summed E-state index contributed by atoms with van der Waals surface area (Å²) in [5.41, 5.74) is 0. The van der Waals surface area contributed by atoms with E-state index in [-0.39, 0.29) is 0 Å². The van der Waals surface area contributed by atoms with Gasteiger partial charge in [0.1, 0.15) is 12.4 Å². The molecule has 1 aliphatic rings. The molecule has 0 unspecified atom stereocenters. The Balaban J connectivity index is 1.75. The number of para-hydroxylation sites is 1. The lowest BCUT2D eigenvalue weighted by Crippen LogP contribution is -2.42. The average Bonchev–Trinajstić information content (AvgIpc) is 2.69. The second kappa shape index (κ2) is 6.53. The zero-order chi connectivity index (χ0) is 14.6. The topological polar surface area (TPSA) is 78.9 Å². The third kappa shape index (κ3) is 4.75. The number of hydrogen-bond donors (Lipinski definition) is 2. The van der Waals surface area contributed by atoms with Crippen molar-refractivity contribution in [3.05, 3.63) is 30.3 Å². The SMILES string of the molecule is CS(=O)(=O)N[C@@H]1CN(CCOc2ccccc2)C[C@H]1O. The number of likely N-dealkylation sites (tertiary alicyclic amines) is 1. The highest BCUT2D eigenvalue weighted by atomic mass is 32.2. The Morgan fingerprint density at radius 1 is 1.35 bits per heavy atom. The summed E-state index contributed by atoms with van der Waals surface area (Å²) in [5, 5.41) is 9.83. The quantitative estimate of drug-likeness (QED) is 0.751. The van der Waals surface area contributed by atoms with Crippen molar-refractivity contribution in [3.63, 3.8) is 0 Å². The van der Waals surface area contributed by atoms with Crippen molar-refractivity contribution >= 4 is 10.0 Å². The Hall–Kier alpha value is -1.15. The number of aliphatic hydroxyl groups is 1. The molecule has 0 aliphatic carbocycles.